The van der Waals surface area contributed by atoms with Gasteiger partial charge in [-0.05, 0) is 19.3 Å². The summed E-state index contributed by atoms with van der Waals surface area (Å²) in [7, 11) is 0. The molecule has 4 nitrogen and oxygen atoms in total. The molecule has 0 saturated heterocycles. The summed E-state index contributed by atoms with van der Waals surface area (Å²) >= 11 is 0. The lowest BCUT2D eigenvalue weighted by molar-refractivity contribution is 0.140. The van der Waals surface area contributed by atoms with Crippen molar-refractivity contribution in [1.82, 2.24) is 14.8 Å². The van der Waals surface area contributed by atoms with E-state index in [-0.39, 0.29) is 6.10 Å². The zero-order valence-corrected chi connectivity index (χ0v) is 8.89. The fraction of sp³-hybridized carbons (Fsp3) is 0.818. The van der Waals surface area contributed by atoms with E-state index in [2.05, 4.69) is 14.8 Å². The van der Waals surface area contributed by atoms with Crippen LogP contribution in [0.15, 0.2) is 0 Å². The van der Waals surface area contributed by atoms with Gasteiger partial charge in [0.25, 0.3) is 0 Å². The van der Waals surface area contributed by atoms with Gasteiger partial charge in [-0.2, -0.15) is 0 Å². The molecule has 0 aromatic carbocycles. The minimum Gasteiger partial charge on any atom is -0.393 e. The Bertz CT molecular complexity index is 355. The average Bonchev–Trinajstić information content (AvgIpc) is 2.82. The van der Waals surface area contributed by atoms with Crippen molar-refractivity contribution >= 4 is 0 Å². The maximum Gasteiger partial charge on any atom is 0.136 e. The number of hydrogen-bond donors (Lipinski definition) is 1. The minimum absolute atomic E-state index is 0.210. The van der Waals surface area contributed by atoms with Gasteiger partial charge < -0.3 is 9.67 Å². The monoisotopic (exact) mass is 207 g/mol. The van der Waals surface area contributed by atoms with Gasteiger partial charge in [0.05, 0.1) is 6.10 Å². The Morgan fingerprint density at radius 3 is 2.73 bits per heavy atom. The third kappa shape index (κ3) is 1.57. The van der Waals surface area contributed by atoms with Crippen LogP contribution in [-0.2, 0) is 13.0 Å². The smallest absolute Gasteiger partial charge is 0.136 e. The van der Waals surface area contributed by atoms with Gasteiger partial charge in [-0.3, -0.25) is 0 Å². The van der Waals surface area contributed by atoms with Crippen LogP contribution in [-0.4, -0.2) is 26.0 Å². The van der Waals surface area contributed by atoms with Crippen molar-refractivity contribution in [3.8, 4) is 0 Å². The molecule has 1 fully saturated rings. The topological polar surface area (TPSA) is 50.9 Å². The second kappa shape index (κ2) is 3.59. The molecule has 0 bridgehead atoms. The van der Waals surface area contributed by atoms with Crippen molar-refractivity contribution < 1.29 is 5.11 Å². The summed E-state index contributed by atoms with van der Waals surface area (Å²) in [6, 6.07) is 0. The van der Waals surface area contributed by atoms with Crippen LogP contribution in [0.2, 0.25) is 0 Å². The van der Waals surface area contributed by atoms with Crippen LogP contribution in [0.5, 0.6) is 0 Å². The molecule has 2 aliphatic rings. The van der Waals surface area contributed by atoms with E-state index in [1.807, 2.05) is 0 Å². The molecule has 0 amide bonds. The van der Waals surface area contributed by atoms with E-state index >= 15 is 0 Å². The highest BCUT2D eigenvalue weighted by atomic mass is 16.3. The van der Waals surface area contributed by atoms with E-state index < -0.39 is 0 Å². The molecule has 15 heavy (non-hydrogen) atoms. The number of aliphatic hydroxyl groups excluding tert-OH is 1. The third-order valence-electron chi connectivity index (χ3n) is 3.68. The number of rotatable bonds is 1. The Hall–Kier alpha value is -0.900. The zero-order valence-electron chi connectivity index (χ0n) is 8.89. The molecule has 1 aliphatic heterocycles. The molecule has 3 rings (SSSR count). The molecule has 4 heteroatoms. The fourth-order valence-electron chi connectivity index (χ4n) is 2.82. The van der Waals surface area contributed by atoms with E-state index in [0.717, 1.165) is 18.8 Å². The van der Waals surface area contributed by atoms with E-state index in [4.69, 9.17) is 0 Å². The van der Waals surface area contributed by atoms with Crippen molar-refractivity contribution in [3.05, 3.63) is 11.6 Å². The Morgan fingerprint density at radius 2 is 1.93 bits per heavy atom. The lowest BCUT2D eigenvalue weighted by atomic mass is 10.1. The summed E-state index contributed by atoms with van der Waals surface area (Å²) in [4.78, 5) is 0. The maximum atomic E-state index is 9.55. The largest absolute Gasteiger partial charge is 0.393 e. The summed E-state index contributed by atoms with van der Waals surface area (Å²) < 4.78 is 2.24. The van der Waals surface area contributed by atoms with Crippen molar-refractivity contribution in [3.63, 3.8) is 0 Å². The molecular formula is C11H17N3O. The van der Waals surface area contributed by atoms with Crippen molar-refractivity contribution in [2.24, 2.45) is 0 Å². The molecule has 1 N–H and O–H groups in total. The molecule has 1 atom stereocenters. The van der Waals surface area contributed by atoms with Gasteiger partial charge in [0.15, 0.2) is 0 Å². The van der Waals surface area contributed by atoms with Crippen LogP contribution in [0.3, 0.4) is 0 Å². The standard InChI is InChI=1S/C11H17N3O/c15-9-5-6-14-10(7-9)12-13-11(14)8-3-1-2-4-8/h8-9,15H,1-7H2. The first-order valence-electron chi connectivity index (χ1n) is 5.94. The predicted molar refractivity (Wildman–Crippen MR) is 55.6 cm³/mol. The van der Waals surface area contributed by atoms with Crippen LogP contribution < -0.4 is 0 Å². The highest BCUT2D eigenvalue weighted by molar-refractivity contribution is 5.06. The molecule has 1 aromatic heterocycles. The fourth-order valence-corrected chi connectivity index (χ4v) is 2.82. The lowest BCUT2D eigenvalue weighted by Gasteiger charge is -2.20. The highest BCUT2D eigenvalue weighted by Crippen LogP contribution is 2.34. The molecular weight excluding hydrogens is 190 g/mol. The molecule has 2 heterocycles. The van der Waals surface area contributed by atoms with Gasteiger partial charge in [0.2, 0.25) is 0 Å². The summed E-state index contributed by atoms with van der Waals surface area (Å²) in [5.41, 5.74) is 0. The Balaban J connectivity index is 1.90. The van der Waals surface area contributed by atoms with Crippen LogP contribution in [0.25, 0.3) is 0 Å². The molecule has 1 aliphatic carbocycles. The number of fused-ring (bicyclic) bond motifs is 1. The summed E-state index contributed by atoms with van der Waals surface area (Å²) in [6.45, 7) is 0.898. The first-order valence-corrected chi connectivity index (χ1v) is 5.94. The number of aliphatic hydroxyl groups is 1. The normalized spacial score (nSPS) is 26.9. The molecule has 1 aromatic rings. The van der Waals surface area contributed by atoms with E-state index in [1.165, 1.54) is 31.5 Å². The van der Waals surface area contributed by atoms with Gasteiger partial charge in [0.1, 0.15) is 11.6 Å². The first kappa shape index (κ1) is 9.33. The van der Waals surface area contributed by atoms with Crippen molar-refractivity contribution in [2.75, 3.05) is 0 Å². The van der Waals surface area contributed by atoms with Crippen LogP contribution in [0, 0.1) is 0 Å². The number of hydrogen-bond acceptors (Lipinski definition) is 3. The van der Waals surface area contributed by atoms with E-state index in [1.54, 1.807) is 0 Å². The van der Waals surface area contributed by atoms with Crippen LogP contribution in [0.1, 0.15) is 49.7 Å². The molecule has 0 radical (unpaired) electrons. The first-order chi connectivity index (χ1) is 7.34. The quantitative estimate of drug-likeness (QED) is 0.754. The Labute approximate surface area is 89.3 Å². The van der Waals surface area contributed by atoms with Crippen LogP contribution >= 0.6 is 0 Å². The van der Waals surface area contributed by atoms with Crippen molar-refractivity contribution in [2.45, 2.75) is 57.1 Å². The number of nitrogens with zero attached hydrogens (tertiary/aromatic N) is 3. The summed E-state index contributed by atoms with van der Waals surface area (Å²) in [5, 5.41) is 18.1. The second-order valence-corrected chi connectivity index (χ2v) is 4.75. The second-order valence-electron chi connectivity index (χ2n) is 4.75. The van der Waals surface area contributed by atoms with Gasteiger partial charge >= 0.3 is 0 Å². The molecule has 1 unspecified atom stereocenters. The molecule has 0 spiro atoms. The van der Waals surface area contributed by atoms with Crippen molar-refractivity contribution in [1.29, 1.82) is 0 Å². The van der Waals surface area contributed by atoms with Gasteiger partial charge in [-0.25, -0.2) is 0 Å². The predicted octanol–water partition coefficient (Wildman–Crippen LogP) is 1.24. The maximum absolute atomic E-state index is 9.55. The summed E-state index contributed by atoms with van der Waals surface area (Å²) in [6.07, 6.45) is 6.51. The molecule has 82 valence electrons. The van der Waals surface area contributed by atoms with E-state index in [0.29, 0.717) is 12.3 Å². The van der Waals surface area contributed by atoms with Gasteiger partial charge in [-0.15, -0.1) is 10.2 Å². The van der Waals surface area contributed by atoms with Gasteiger partial charge in [-0.1, -0.05) is 12.8 Å². The minimum atomic E-state index is -0.210. The molecule has 1 saturated carbocycles. The Kier molecular flexibility index (Phi) is 2.24. The third-order valence-corrected chi connectivity index (χ3v) is 3.68. The lowest BCUT2D eigenvalue weighted by Crippen LogP contribution is -2.24. The Morgan fingerprint density at radius 1 is 1.13 bits per heavy atom. The van der Waals surface area contributed by atoms with Gasteiger partial charge in [0, 0.05) is 18.9 Å². The summed E-state index contributed by atoms with van der Waals surface area (Å²) in [5.74, 6) is 2.78. The zero-order chi connectivity index (χ0) is 10.3. The highest BCUT2D eigenvalue weighted by Gasteiger charge is 2.27. The van der Waals surface area contributed by atoms with E-state index in [9.17, 15) is 5.11 Å². The SMILES string of the molecule is OC1CCn2c(nnc2C2CCCC2)C1. The number of aromatic nitrogens is 3. The average molecular weight is 207 g/mol. The van der Waals surface area contributed by atoms with Crippen LogP contribution in [0.4, 0.5) is 0 Å².